The molecule has 0 aliphatic carbocycles. The number of rotatable bonds is 5. The monoisotopic (exact) mass is 500 g/mol. The Morgan fingerprint density at radius 1 is 1.06 bits per heavy atom. The van der Waals surface area contributed by atoms with Gasteiger partial charge in [0.15, 0.2) is 0 Å². The van der Waals surface area contributed by atoms with Crippen molar-refractivity contribution in [3.05, 3.63) is 77.7 Å². The first-order valence-corrected chi connectivity index (χ1v) is 11.2. The number of urea groups is 1. The van der Waals surface area contributed by atoms with Crippen LogP contribution in [-0.2, 0) is 9.59 Å². The number of carboxylic acid groups (broad SMARTS) is 1. The number of hydrogen-bond donors (Lipinski definition) is 3. The topological polar surface area (TPSA) is 115 Å². The van der Waals surface area contributed by atoms with Crippen LogP contribution in [0, 0.1) is 6.92 Å². The minimum atomic E-state index is -0.833. The summed E-state index contributed by atoms with van der Waals surface area (Å²) >= 11 is 0. The number of carbonyl (C=O) groups is 3. The zero-order valence-corrected chi connectivity index (χ0v) is 21.4. The van der Waals surface area contributed by atoms with E-state index in [9.17, 15) is 9.59 Å². The molecule has 9 heteroatoms. The summed E-state index contributed by atoms with van der Waals surface area (Å²) in [5.74, 6) is -0.602. The summed E-state index contributed by atoms with van der Waals surface area (Å²) in [4.78, 5) is 43.0. The number of aromatic amines is 1. The summed E-state index contributed by atoms with van der Waals surface area (Å²) in [7, 11) is 0. The number of halogens is 1. The number of carbonyl (C=O) groups excluding carboxylic acids is 2. The second kappa shape index (κ2) is 13.9. The van der Waals surface area contributed by atoms with E-state index in [0.29, 0.717) is 5.82 Å². The molecule has 1 fully saturated rings. The number of nitrogens with one attached hydrogen (secondary N) is 2. The molecule has 2 heterocycles. The standard InChI is InChI=1S/C22H22N4O2.C2H4O2.C2H6.ClH/c1-14-8-10-17(11-9-14)18-12-23-21(25-18)20(26-19(27)13-24-22(26)28)15(2)16-6-4-3-5-7-16;1-2(3)4;1-2;/h3-12,15,20H,13H2,1-2H3,(H,23,25)(H,24,28);1H3,(H,3,4);1-2H3;1H. The van der Waals surface area contributed by atoms with Gasteiger partial charge in [0.1, 0.15) is 11.9 Å². The number of H-pyrrole nitrogens is 1. The molecule has 1 aliphatic rings. The molecule has 3 amide bonds. The maximum atomic E-state index is 12.5. The number of aliphatic carboxylic acids is 1. The lowest BCUT2D eigenvalue weighted by molar-refractivity contribution is -0.134. The van der Waals surface area contributed by atoms with Crippen LogP contribution < -0.4 is 5.32 Å². The van der Waals surface area contributed by atoms with Gasteiger partial charge >= 0.3 is 6.03 Å². The molecule has 1 aromatic heterocycles. The van der Waals surface area contributed by atoms with E-state index < -0.39 is 12.0 Å². The van der Waals surface area contributed by atoms with Gasteiger partial charge in [0.05, 0.1) is 18.4 Å². The maximum absolute atomic E-state index is 12.5. The Morgan fingerprint density at radius 3 is 2.14 bits per heavy atom. The van der Waals surface area contributed by atoms with Crippen molar-refractivity contribution in [2.75, 3.05) is 6.54 Å². The third-order valence-electron chi connectivity index (χ3n) is 5.19. The highest BCUT2D eigenvalue weighted by Gasteiger charge is 2.40. The molecule has 2 aromatic carbocycles. The van der Waals surface area contributed by atoms with Crippen LogP contribution in [0.2, 0.25) is 0 Å². The third kappa shape index (κ3) is 7.68. The molecule has 8 nitrogen and oxygen atoms in total. The van der Waals surface area contributed by atoms with Crippen molar-refractivity contribution in [1.29, 1.82) is 0 Å². The van der Waals surface area contributed by atoms with Crippen molar-refractivity contribution in [3.63, 3.8) is 0 Å². The number of nitrogens with zero attached hydrogens (tertiary/aromatic N) is 2. The van der Waals surface area contributed by atoms with E-state index in [4.69, 9.17) is 9.90 Å². The van der Waals surface area contributed by atoms with Crippen LogP contribution in [0.15, 0.2) is 60.8 Å². The average Bonchev–Trinajstić information content (AvgIpc) is 3.44. The number of aryl methyl sites for hydroxylation is 1. The number of benzene rings is 2. The van der Waals surface area contributed by atoms with Gasteiger partial charge in [0, 0.05) is 12.8 Å². The molecule has 0 spiro atoms. The summed E-state index contributed by atoms with van der Waals surface area (Å²) in [6, 6.07) is 17.1. The fourth-order valence-corrected chi connectivity index (χ4v) is 3.60. The molecule has 3 N–H and O–H groups in total. The smallest absolute Gasteiger partial charge is 0.325 e. The largest absolute Gasteiger partial charge is 0.481 e. The SMILES string of the molecule is CC.CC(=O)O.Cc1ccc(-c2cnc(C(C(C)c3ccccc3)N3C(=O)CNC3=O)[nH]2)cc1.Cl. The van der Waals surface area contributed by atoms with E-state index in [1.165, 1.54) is 10.5 Å². The lowest BCUT2D eigenvalue weighted by Gasteiger charge is -2.29. The summed E-state index contributed by atoms with van der Waals surface area (Å²) in [5.41, 5.74) is 4.08. The number of carboxylic acids is 1. The summed E-state index contributed by atoms with van der Waals surface area (Å²) in [6.07, 6.45) is 1.75. The molecular formula is C26H33ClN4O4. The number of aromatic nitrogens is 2. The Labute approximate surface area is 212 Å². The van der Waals surface area contributed by atoms with Crippen molar-refractivity contribution in [3.8, 4) is 11.3 Å². The van der Waals surface area contributed by atoms with Crippen LogP contribution in [0.5, 0.6) is 0 Å². The number of imide groups is 1. The van der Waals surface area contributed by atoms with Crippen molar-refractivity contribution in [2.24, 2.45) is 0 Å². The highest BCUT2D eigenvalue weighted by Crippen LogP contribution is 2.36. The van der Waals surface area contributed by atoms with Gasteiger partial charge in [-0.15, -0.1) is 12.4 Å². The molecular weight excluding hydrogens is 468 g/mol. The second-order valence-electron chi connectivity index (χ2n) is 7.63. The second-order valence-corrected chi connectivity index (χ2v) is 7.63. The Bertz CT molecular complexity index is 1080. The van der Waals surface area contributed by atoms with E-state index in [-0.39, 0.29) is 36.8 Å². The molecule has 2 unspecified atom stereocenters. The zero-order chi connectivity index (χ0) is 25.3. The summed E-state index contributed by atoms with van der Waals surface area (Å²) < 4.78 is 0. The summed E-state index contributed by atoms with van der Waals surface area (Å²) in [5, 5.41) is 10.0. The van der Waals surface area contributed by atoms with E-state index in [1.54, 1.807) is 6.20 Å². The average molecular weight is 501 g/mol. The lowest BCUT2D eigenvalue weighted by Crippen LogP contribution is -2.38. The molecule has 0 radical (unpaired) electrons. The minimum absolute atomic E-state index is 0. The molecule has 0 saturated carbocycles. The van der Waals surface area contributed by atoms with E-state index in [2.05, 4.69) is 15.3 Å². The van der Waals surface area contributed by atoms with Crippen LogP contribution in [-0.4, -0.2) is 44.4 Å². The predicted octanol–water partition coefficient (Wildman–Crippen LogP) is 5.32. The predicted molar refractivity (Wildman–Crippen MR) is 139 cm³/mol. The first-order chi connectivity index (χ1) is 16.3. The Balaban J connectivity index is 0.000000797. The zero-order valence-electron chi connectivity index (χ0n) is 20.6. The Kier molecular flexibility index (Phi) is 11.7. The van der Waals surface area contributed by atoms with Gasteiger partial charge in [-0.3, -0.25) is 14.5 Å². The van der Waals surface area contributed by atoms with Crippen molar-refractivity contribution >= 4 is 30.3 Å². The molecule has 0 bridgehead atoms. The molecule has 1 aliphatic heterocycles. The normalized spacial score (nSPS) is 13.8. The van der Waals surface area contributed by atoms with Gasteiger partial charge in [0.25, 0.3) is 11.9 Å². The van der Waals surface area contributed by atoms with Crippen LogP contribution in [0.3, 0.4) is 0 Å². The number of amides is 3. The molecule has 1 saturated heterocycles. The van der Waals surface area contributed by atoms with Crippen molar-refractivity contribution in [2.45, 2.75) is 46.6 Å². The van der Waals surface area contributed by atoms with Crippen LogP contribution in [0.4, 0.5) is 4.79 Å². The van der Waals surface area contributed by atoms with Crippen molar-refractivity contribution < 1.29 is 19.5 Å². The number of imidazole rings is 1. The van der Waals surface area contributed by atoms with E-state index in [1.807, 2.05) is 82.3 Å². The maximum Gasteiger partial charge on any atom is 0.325 e. The highest BCUT2D eigenvalue weighted by atomic mass is 35.5. The highest BCUT2D eigenvalue weighted by molar-refractivity contribution is 6.02. The van der Waals surface area contributed by atoms with Gasteiger partial charge < -0.3 is 15.4 Å². The minimum Gasteiger partial charge on any atom is -0.481 e. The molecule has 2 atom stereocenters. The van der Waals surface area contributed by atoms with Gasteiger partial charge in [-0.25, -0.2) is 9.78 Å². The van der Waals surface area contributed by atoms with Gasteiger partial charge in [-0.1, -0.05) is 80.9 Å². The number of hydrogen-bond acceptors (Lipinski definition) is 4. The fraction of sp³-hybridized carbons (Fsp3) is 0.308. The van der Waals surface area contributed by atoms with E-state index in [0.717, 1.165) is 23.7 Å². The van der Waals surface area contributed by atoms with E-state index >= 15 is 0 Å². The Hall–Kier alpha value is -3.65. The first kappa shape index (κ1) is 29.4. The van der Waals surface area contributed by atoms with Crippen LogP contribution in [0.25, 0.3) is 11.3 Å². The van der Waals surface area contributed by atoms with Gasteiger partial charge in [-0.05, 0) is 18.1 Å². The molecule has 4 rings (SSSR count). The van der Waals surface area contributed by atoms with Gasteiger partial charge in [-0.2, -0.15) is 0 Å². The van der Waals surface area contributed by atoms with Crippen LogP contribution >= 0.6 is 12.4 Å². The Morgan fingerprint density at radius 2 is 1.63 bits per heavy atom. The van der Waals surface area contributed by atoms with Crippen molar-refractivity contribution in [1.82, 2.24) is 20.2 Å². The summed E-state index contributed by atoms with van der Waals surface area (Å²) in [6.45, 7) is 9.15. The quantitative estimate of drug-likeness (QED) is 0.410. The molecule has 3 aromatic rings. The molecule has 35 heavy (non-hydrogen) atoms. The van der Waals surface area contributed by atoms with Crippen LogP contribution in [0.1, 0.15) is 56.6 Å². The van der Waals surface area contributed by atoms with Gasteiger partial charge in [0.2, 0.25) is 0 Å². The lowest BCUT2D eigenvalue weighted by atomic mass is 9.91. The first-order valence-electron chi connectivity index (χ1n) is 11.2. The molecule has 188 valence electrons. The third-order valence-corrected chi connectivity index (χ3v) is 5.19. The fourth-order valence-electron chi connectivity index (χ4n) is 3.60.